The van der Waals surface area contributed by atoms with Gasteiger partial charge in [-0.25, -0.2) is 0 Å². The van der Waals surface area contributed by atoms with Crippen molar-refractivity contribution in [1.82, 2.24) is 10.2 Å². The van der Waals surface area contributed by atoms with Gasteiger partial charge in [0.15, 0.2) is 5.75 Å². The molecule has 1 aliphatic heterocycles. The number of carbonyl (C=O) groups excluding carboxylic acids is 3. The van der Waals surface area contributed by atoms with E-state index in [1.807, 2.05) is 31.2 Å². The van der Waals surface area contributed by atoms with Gasteiger partial charge in [-0.2, -0.15) is 0 Å². The van der Waals surface area contributed by atoms with E-state index in [-0.39, 0.29) is 36.7 Å². The minimum Gasteiger partial charge on any atom is -0.487 e. The molecule has 1 saturated heterocycles. The Hall–Kier alpha value is -3.66. The third kappa shape index (κ3) is 5.33. The van der Waals surface area contributed by atoms with Crippen LogP contribution in [-0.4, -0.2) is 46.6 Å². The molecule has 1 N–H and O–H groups in total. The Kier molecular flexibility index (Phi) is 7.26. The van der Waals surface area contributed by atoms with Crippen molar-refractivity contribution < 1.29 is 24.0 Å². The van der Waals surface area contributed by atoms with E-state index in [0.29, 0.717) is 4.91 Å². The maximum atomic E-state index is 12.6. The first-order valence-corrected chi connectivity index (χ1v) is 10.6. The van der Waals surface area contributed by atoms with Crippen LogP contribution in [0.1, 0.15) is 28.4 Å². The molecule has 3 amide bonds. The van der Waals surface area contributed by atoms with Gasteiger partial charge < -0.3 is 10.1 Å². The predicted molar refractivity (Wildman–Crippen MR) is 120 cm³/mol. The summed E-state index contributed by atoms with van der Waals surface area (Å²) in [7, 11) is 0. The van der Waals surface area contributed by atoms with Crippen molar-refractivity contribution >= 4 is 40.6 Å². The maximum absolute atomic E-state index is 12.6. The Balaban J connectivity index is 1.61. The molecule has 10 heteroatoms. The molecule has 32 heavy (non-hydrogen) atoms. The van der Waals surface area contributed by atoms with E-state index >= 15 is 0 Å². The highest BCUT2D eigenvalue weighted by molar-refractivity contribution is 8.18. The summed E-state index contributed by atoms with van der Waals surface area (Å²) in [5, 5.41) is 13.4. The summed E-state index contributed by atoms with van der Waals surface area (Å²) < 4.78 is 5.20. The normalized spacial score (nSPS) is 14.7. The van der Waals surface area contributed by atoms with Crippen LogP contribution in [0.25, 0.3) is 6.08 Å². The molecule has 0 radical (unpaired) electrons. The van der Waals surface area contributed by atoms with Gasteiger partial charge in [-0.3, -0.25) is 29.4 Å². The highest BCUT2D eigenvalue weighted by Gasteiger charge is 2.34. The van der Waals surface area contributed by atoms with Gasteiger partial charge in [0, 0.05) is 24.7 Å². The van der Waals surface area contributed by atoms with Gasteiger partial charge in [-0.05, 0) is 49.4 Å². The summed E-state index contributed by atoms with van der Waals surface area (Å²) in [6.45, 7) is 3.90. The molecule has 1 heterocycles. The topological polar surface area (TPSA) is 119 Å². The molecule has 2 aromatic carbocycles. The second-order valence-corrected chi connectivity index (χ2v) is 7.87. The summed E-state index contributed by atoms with van der Waals surface area (Å²) in [6.07, 6.45) is 1.65. The van der Waals surface area contributed by atoms with E-state index in [0.717, 1.165) is 33.9 Å². The van der Waals surface area contributed by atoms with E-state index in [2.05, 4.69) is 5.32 Å². The first kappa shape index (κ1) is 23.0. The molecule has 1 fully saturated rings. The first-order chi connectivity index (χ1) is 15.3. The van der Waals surface area contributed by atoms with Crippen LogP contribution in [0, 0.1) is 17.0 Å². The molecule has 0 unspecified atom stereocenters. The van der Waals surface area contributed by atoms with E-state index < -0.39 is 22.0 Å². The summed E-state index contributed by atoms with van der Waals surface area (Å²) in [5.41, 5.74) is 1.66. The van der Waals surface area contributed by atoms with Crippen molar-refractivity contribution in [3.63, 3.8) is 0 Å². The van der Waals surface area contributed by atoms with Crippen LogP contribution in [0.15, 0.2) is 47.4 Å². The highest BCUT2D eigenvalue weighted by Crippen LogP contribution is 2.32. The third-order valence-corrected chi connectivity index (χ3v) is 5.49. The molecule has 0 aromatic heterocycles. The number of nitrogens with one attached hydrogen (secondary N) is 1. The second kappa shape index (κ2) is 10.1. The standard InChI is InChI=1S/C22H21N3O6S/c1-3-31-18-9-8-16(13-17(18)25(29)30)20(26)23-10-11-24-21(27)19(32-22(24)28)12-15-6-4-14(2)5-7-15/h4-9,12-13H,3,10-11H2,1-2H3,(H,23,26)/b19-12-. The zero-order chi connectivity index (χ0) is 23.3. The molecular weight excluding hydrogens is 434 g/mol. The number of nitrogens with zero attached hydrogens (tertiary/aromatic N) is 2. The number of nitro groups is 1. The smallest absolute Gasteiger partial charge is 0.311 e. The molecule has 3 rings (SSSR count). The quantitative estimate of drug-likeness (QED) is 0.366. The van der Waals surface area contributed by atoms with E-state index in [1.54, 1.807) is 13.0 Å². The fourth-order valence-electron chi connectivity index (χ4n) is 2.97. The van der Waals surface area contributed by atoms with E-state index in [9.17, 15) is 24.5 Å². The van der Waals surface area contributed by atoms with Gasteiger partial charge in [0.25, 0.3) is 17.1 Å². The maximum Gasteiger partial charge on any atom is 0.311 e. The van der Waals surface area contributed by atoms with Crippen LogP contribution in [-0.2, 0) is 4.79 Å². The molecule has 166 valence electrons. The lowest BCUT2D eigenvalue weighted by Crippen LogP contribution is -2.37. The number of hydrogen-bond donors (Lipinski definition) is 1. The highest BCUT2D eigenvalue weighted by atomic mass is 32.2. The average Bonchev–Trinajstić information content (AvgIpc) is 3.02. The zero-order valence-corrected chi connectivity index (χ0v) is 18.3. The first-order valence-electron chi connectivity index (χ1n) is 9.81. The van der Waals surface area contributed by atoms with Gasteiger partial charge in [-0.1, -0.05) is 29.8 Å². The third-order valence-electron chi connectivity index (χ3n) is 4.59. The molecule has 0 aliphatic carbocycles. The summed E-state index contributed by atoms with van der Waals surface area (Å²) in [4.78, 5) is 49.1. The van der Waals surface area contributed by atoms with E-state index in [4.69, 9.17) is 4.74 Å². The molecular formula is C22H21N3O6S. The molecule has 0 bridgehead atoms. The molecule has 9 nitrogen and oxygen atoms in total. The van der Waals surface area contributed by atoms with Gasteiger partial charge in [0.1, 0.15) is 0 Å². The predicted octanol–water partition coefficient (Wildman–Crippen LogP) is 3.77. The van der Waals surface area contributed by atoms with Gasteiger partial charge in [-0.15, -0.1) is 0 Å². The lowest BCUT2D eigenvalue weighted by molar-refractivity contribution is -0.385. The number of aryl methyl sites for hydroxylation is 1. The van der Waals surface area contributed by atoms with Crippen molar-refractivity contribution in [1.29, 1.82) is 0 Å². The Morgan fingerprint density at radius 3 is 2.59 bits per heavy atom. The fraction of sp³-hybridized carbons (Fsp3) is 0.227. The summed E-state index contributed by atoms with van der Waals surface area (Å²) in [5.74, 6) is -0.905. The van der Waals surface area contributed by atoms with Crippen molar-refractivity contribution in [2.75, 3.05) is 19.7 Å². The Bertz CT molecular complexity index is 1100. The average molecular weight is 455 g/mol. The van der Waals surface area contributed by atoms with Crippen molar-refractivity contribution in [2.24, 2.45) is 0 Å². The van der Waals surface area contributed by atoms with Crippen LogP contribution in [0.2, 0.25) is 0 Å². The number of carbonyl (C=O) groups is 3. The molecule has 0 atom stereocenters. The van der Waals surface area contributed by atoms with Crippen LogP contribution in [0.4, 0.5) is 10.5 Å². The monoisotopic (exact) mass is 455 g/mol. The SMILES string of the molecule is CCOc1ccc(C(=O)NCCN2C(=O)S/C(=C\c3ccc(C)cc3)C2=O)cc1[N+](=O)[O-]. The minimum atomic E-state index is -0.623. The molecule has 2 aromatic rings. The van der Waals surface area contributed by atoms with Crippen LogP contribution in [0.3, 0.4) is 0 Å². The largest absolute Gasteiger partial charge is 0.487 e. The number of nitro benzene ring substituents is 1. The number of hydrogen-bond acceptors (Lipinski definition) is 7. The molecule has 0 spiro atoms. The summed E-state index contributed by atoms with van der Waals surface area (Å²) >= 11 is 0.844. The second-order valence-electron chi connectivity index (χ2n) is 6.87. The number of benzene rings is 2. The Morgan fingerprint density at radius 2 is 1.94 bits per heavy atom. The van der Waals surface area contributed by atoms with Gasteiger partial charge in [0.05, 0.1) is 16.4 Å². The number of thioether (sulfide) groups is 1. The van der Waals surface area contributed by atoms with Crippen molar-refractivity contribution in [3.05, 3.63) is 74.2 Å². The van der Waals surface area contributed by atoms with Gasteiger partial charge >= 0.3 is 5.69 Å². The van der Waals surface area contributed by atoms with Gasteiger partial charge in [0.2, 0.25) is 0 Å². The minimum absolute atomic E-state index is 0.00962. The van der Waals surface area contributed by atoms with Crippen LogP contribution < -0.4 is 10.1 Å². The Morgan fingerprint density at radius 1 is 1.22 bits per heavy atom. The molecule has 0 saturated carbocycles. The Labute approximate surface area is 188 Å². The zero-order valence-electron chi connectivity index (χ0n) is 17.5. The summed E-state index contributed by atoms with van der Waals surface area (Å²) in [6, 6.07) is 11.5. The number of amides is 3. The number of ether oxygens (including phenoxy) is 1. The van der Waals surface area contributed by atoms with Crippen LogP contribution in [0.5, 0.6) is 5.75 Å². The van der Waals surface area contributed by atoms with E-state index in [1.165, 1.54) is 12.1 Å². The fourth-order valence-corrected chi connectivity index (χ4v) is 3.83. The number of rotatable bonds is 8. The molecule has 1 aliphatic rings. The van der Waals surface area contributed by atoms with Crippen molar-refractivity contribution in [2.45, 2.75) is 13.8 Å². The number of imide groups is 1. The lowest BCUT2D eigenvalue weighted by Gasteiger charge is -2.13. The van der Waals surface area contributed by atoms with Crippen LogP contribution >= 0.6 is 11.8 Å². The van der Waals surface area contributed by atoms with Crippen molar-refractivity contribution in [3.8, 4) is 5.75 Å². The lowest BCUT2D eigenvalue weighted by atomic mass is 10.1.